The normalized spacial score (nSPS) is 11.2. The Kier molecular flexibility index (Phi) is 4.29. The molecular weight excluding hydrogens is 342 g/mol. The average Bonchev–Trinajstić information content (AvgIpc) is 2.42. The third kappa shape index (κ3) is 3.10. The van der Waals surface area contributed by atoms with Crippen LogP contribution in [0.2, 0.25) is 0 Å². The SMILES string of the molecule is CNc1ncccc1S(=O)(=O)Nc1ccc(Br)c(C)c1. The van der Waals surface area contributed by atoms with Crippen LogP contribution in [0, 0.1) is 6.92 Å². The minimum Gasteiger partial charge on any atom is -0.372 e. The van der Waals surface area contributed by atoms with Crippen molar-refractivity contribution in [3.63, 3.8) is 0 Å². The molecule has 0 aliphatic carbocycles. The van der Waals surface area contributed by atoms with Crippen LogP contribution < -0.4 is 10.0 Å². The van der Waals surface area contributed by atoms with E-state index in [-0.39, 0.29) is 4.90 Å². The van der Waals surface area contributed by atoms with Crippen molar-refractivity contribution in [3.8, 4) is 0 Å². The molecule has 20 heavy (non-hydrogen) atoms. The molecule has 1 heterocycles. The highest BCUT2D eigenvalue weighted by atomic mass is 79.9. The van der Waals surface area contributed by atoms with Gasteiger partial charge in [-0.25, -0.2) is 13.4 Å². The minimum absolute atomic E-state index is 0.114. The number of hydrogen-bond acceptors (Lipinski definition) is 4. The van der Waals surface area contributed by atoms with Gasteiger partial charge in [-0.2, -0.15) is 0 Å². The first kappa shape index (κ1) is 14.8. The molecule has 0 atom stereocenters. The van der Waals surface area contributed by atoms with E-state index >= 15 is 0 Å². The topological polar surface area (TPSA) is 71.1 Å². The molecule has 0 unspecified atom stereocenters. The molecule has 0 bridgehead atoms. The zero-order chi connectivity index (χ0) is 14.8. The van der Waals surface area contributed by atoms with E-state index in [2.05, 4.69) is 31.0 Å². The molecule has 2 aromatic rings. The van der Waals surface area contributed by atoms with Crippen molar-refractivity contribution in [1.29, 1.82) is 0 Å². The minimum atomic E-state index is -3.68. The largest absolute Gasteiger partial charge is 0.372 e. The molecule has 0 saturated carbocycles. The fourth-order valence-corrected chi connectivity index (χ4v) is 3.17. The second kappa shape index (κ2) is 5.80. The van der Waals surface area contributed by atoms with Gasteiger partial charge in [-0.15, -0.1) is 0 Å². The number of aromatic nitrogens is 1. The lowest BCUT2D eigenvalue weighted by molar-refractivity contribution is 0.601. The zero-order valence-corrected chi connectivity index (χ0v) is 13.4. The third-order valence-electron chi connectivity index (χ3n) is 2.71. The lowest BCUT2D eigenvalue weighted by Gasteiger charge is -2.11. The first-order valence-electron chi connectivity index (χ1n) is 5.86. The molecule has 1 aromatic carbocycles. The summed E-state index contributed by atoms with van der Waals surface area (Å²) in [6, 6.07) is 8.35. The summed E-state index contributed by atoms with van der Waals surface area (Å²) >= 11 is 3.38. The smallest absolute Gasteiger partial charge is 0.265 e. The Morgan fingerprint density at radius 3 is 2.65 bits per heavy atom. The number of benzene rings is 1. The van der Waals surface area contributed by atoms with E-state index in [0.29, 0.717) is 11.5 Å². The second-order valence-corrected chi connectivity index (χ2v) is 6.67. The van der Waals surface area contributed by atoms with Gasteiger partial charge in [0.05, 0.1) is 0 Å². The molecule has 0 amide bonds. The van der Waals surface area contributed by atoms with Crippen LogP contribution in [0.25, 0.3) is 0 Å². The quantitative estimate of drug-likeness (QED) is 0.884. The maximum Gasteiger partial charge on any atom is 0.265 e. The number of aryl methyl sites for hydroxylation is 1. The van der Waals surface area contributed by atoms with E-state index in [0.717, 1.165) is 10.0 Å². The van der Waals surface area contributed by atoms with Gasteiger partial charge in [-0.1, -0.05) is 15.9 Å². The molecule has 0 radical (unpaired) electrons. The summed E-state index contributed by atoms with van der Waals surface area (Å²) in [7, 11) is -2.05. The highest BCUT2D eigenvalue weighted by Gasteiger charge is 2.19. The van der Waals surface area contributed by atoms with Crippen LogP contribution in [-0.4, -0.2) is 20.4 Å². The number of rotatable bonds is 4. The number of pyridine rings is 1. The third-order valence-corrected chi connectivity index (χ3v) is 5.01. The van der Waals surface area contributed by atoms with E-state index in [1.165, 1.54) is 12.3 Å². The number of nitrogens with zero attached hydrogens (tertiary/aromatic N) is 1. The van der Waals surface area contributed by atoms with Gasteiger partial charge in [0.2, 0.25) is 0 Å². The van der Waals surface area contributed by atoms with E-state index < -0.39 is 10.0 Å². The van der Waals surface area contributed by atoms with Crippen LogP contribution >= 0.6 is 15.9 Å². The second-order valence-electron chi connectivity index (χ2n) is 4.17. The molecule has 2 N–H and O–H groups in total. The summed E-state index contributed by atoms with van der Waals surface area (Å²) < 4.78 is 28.2. The standard InChI is InChI=1S/C13H14BrN3O2S/c1-9-8-10(5-6-11(9)14)17-20(18,19)12-4-3-7-16-13(12)15-2/h3-8,17H,1-2H3,(H,15,16). The summed E-state index contributed by atoms with van der Waals surface area (Å²) in [5.41, 5.74) is 1.46. The van der Waals surface area contributed by atoms with Crippen molar-refractivity contribution in [2.45, 2.75) is 11.8 Å². The summed E-state index contributed by atoms with van der Waals surface area (Å²) in [5.74, 6) is 0.314. The molecule has 7 heteroatoms. The van der Waals surface area contributed by atoms with E-state index in [1.807, 2.05) is 6.92 Å². The van der Waals surface area contributed by atoms with Crippen LogP contribution in [0.4, 0.5) is 11.5 Å². The molecule has 0 saturated heterocycles. The Labute approximate surface area is 126 Å². The van der Waals surface area contributed by atoms with Crippen molar-refractivity contribution in [2.75, 3.05) is 17.1 Å². The Morgan fingerprint density at radius 1 is 1.25 bits per heavy atom. The molecule has 1 aromatic heterocycles. The van der Waals surface area contributed by atoms with E-state index in [9.17, 15) is 8.42 Å². The zero-order valence-electron chi connectivity index (χ0n) is 11.0. The Balaban J connectivity index is 2.38. The monoisotopic (exact) mass is 355 g/mol. The van der Waals surface area contributed by atoms with Crippen molar-refractivity contribution in [1.82, 2.24) is 4.98 Å². The number of nitrogens with one attached hydrogen (secondary N) is 2. The van der Waals surface area contributed by atoms with Crippen molar-refractivity contribution >= 4 is 37.5 Å². The van der Waals surface area contributed by atoms with Gasteiger partial charge in [0.1, 0.15) is 10.7 Å². The molecule has 0 spiro atoms. The van der Waals surface area contributed by atoms with Crippen LogP contribution in [0.5, 0.6) is 0 Å². The molecule has 0 aliphatic rings. The van der Waals surface area contributed by atoms with Crippen molar-refractivity contribution in [2.24, 2.45) is 0 Å². The summed E-state index contributed by atoms with van der Waals surface area (Å²) in [4.78, 5) is 4.11. The summed E-state index contributed by atoms with van der Waals surface area (Å²) in [5, 5.41) is 2.77. The lowest BCUT2D eigenvalue weighted by Crippen LogP contribution is -2.15. The Hall–Kier alpha value is -1.60. The molecule has 106 valence electrons. The van der Waals surface area contributed by atoms with Crippen LogP contribution in [0.3, 0.4) is 0 Å². The molecule has 0 aliphatic heterocycles. The van der Waals surface area contributed by atoms with Crippen molar-refractivity contribution in [3.05, 3.63) is 46.6 Å². The highest BCUT2D eigenvalue weighted by molar-refractivity contribution is 9.10. The number of hydrogen-bond donors (Lipinski definition) is 2. The lowest BCUT2D eigenvalue weighted by atomic mass is 10.2. The van der Waals surface area contributed by atoms with Gasteiger partial charge in [0.25, 0.3) is 10.0 Å². The van der Waals surface area contributed by atoms with Gasteiger partial charge >= 0.3 is 0 Å². The Morgan fingerprint density at radius 2 is 2.00 bits per heavy atom. The summed E-state index contributed by atoms with van der Waals surface area (Å²) in [6.45, 7) is 1.89. The van der Waals surface area contributed by atoms with E-state index in [1.54, 1.807) is 31.3 Å². The Bertz CT molecular complexity index is 732. The number of sulfonamides is 1. The first-order chi connectivity index (χ1) is 9.44. The van der Waals surface area contributed by atoms with Crippen LogP contribution in [-0.2, 0) is 10.0 Å². The van der Waals surface area contributed by atoms with Gasteiger partial charge < -0.3 is 5.32 Å². The molecule has 5 nitrogen and oxygen atoms in total. The van der Waals surface area contributed by atoms with Gasteiger partial charge in [0.15, 0.2) is 0 Å². The fourth-order valence-electron chi connectivity index (χ4n) is 1.71. The number of halogens is 1. The predicted octanol–water partition coefficient (Wildman–Crippen LogP) is 3.00. The average molecular weight is 356 g/mol. The van der Waals surface area contributed by atoms with Gasteiger partial charge in [-0.3, -0.25) is 4.72 Å². The van der Waals surface area contributed by atoms with E-state index in [4.69, 9.17) is 0 Å². The van der Waals surface area contributed by atoms with Crippen LogP contribution in [0.1, 0.15) is 5.56 Å². The fraction of sp³-hybridized carbons (Fsp3) is 0.154. The highest BCUT2D eigenvalue weighted by Crippen LogP contribution is 2.24. The maximum atomic E-state index is 12.4. The summed E-state index contributed by atoms with van der Waals surface area (Å²) in [6.07, 6.45) is 1.54. The number of anilines is 2. The molecule has 0 fully saturated rings. The van der Waals surface area contributed by atoms with Gasteiger partial charge in [-0.05, 0) is 42.8 Å². The first-order valence-corrected chi connectivity index (χ1v) is 8.13. The maximum absolute atomic E-state index is 12.4. The molecule has 2 rings (SSSR count). The van der Waals surface area contributed by atoms with Crippen molar-refractivity contribution < 1.29 is 8.42 Å². The predicted molar refractivity (Wildman–Crippen MR) is 83.5 cm³/mol. The van der Waals surface area contributed by atoms with Gasteiger partial charge in [0, 0.05) is 23.4 Å². The van der Waals surface area contributed by atoms with Crippen LogP contribution in [0.15, 0.2) is 45.9 Å². The molecular formula is C13H14BrN3O2S.